The number of hydrogen-bond acceptors (Lipinski definition) is 8. The highest BCUT2D eigenvalue weighted by Gasteiger charge is 2.23. The van der Waals surface area contributed by atoms with Gasteiger partial charge in [0.2, 0.25) is 5.91 Å². The van der Waals surface area contributed by atoms with Crippen LogP contribution in [0.1, 0.15) is 51.3 Å². The van der Waals surface area contributed by atoms with E-state index >= 15 is 0 Å². The predicted octanol–water partition coefficient (Wildman–Crippen LogP) is 6.53. The number of alkyl halides is 3. The van der Waals surface area contributed by atoms with E-state index in [0.29, 0.717) is 18.4 Å². The van der Waals surface area contributed by atoms with Crippen molar-refractivity contribution in [3.8, 4) is 5.75 Å². The van der Waals surface area contributed by atoms with Crippen LogP contribution in [-0.4, -0.2) is 58.8 Å². The van der Waals surface area contributed by atoms with E-state index in [2.05, 4.69) is 25.5 Å². The molecule has 0 aliphatic rings. The molecule has 0 fully saturated rings. The minimum Gasteiger partial charge on any atom is -0.433 e. The molecule has 3 aromatic rings. The van der Waals surface area contributed by atoms with Crippen LogP contribution in [-0.2, 0) is 29.1 Å². The summed E-state index contributed by atoms with van der Waals surface area (Å²) in [7, 11) is 1.79. The third-order valence-electron chi connectivity index (χ3n) is 6.32. The first kappa shape index (κ1) is 40.6. The summed E-state index contributed by atoms with van der Waals surface area (Å²) in [5.41, 5.74) is 1.05. The van der Waals surface area contributed by atoms with Crippen LogP contribution in [0.2, 0.25) is 5.02 Å². The Morgan fingerprint density at radius 1 is 1.24 bits per heavy atom. The van der Waals surface area contributed by atoms with Crippen molar-refractivity contribution in [2.75, 3.05) is 18.9 Å². The number of benzene rings is 1. The minimum absolute atomic E-state index is 0.0426. The second-order valence-corrected chi connectivity index (χ2v) is 11.4. The summed E-state index contributed by atoms with van der Waals surface area (Å²) in [5.74, 6) is -1.07. The highest BCUT2D eigenvalue weighted by Crippen LogP contribution is 2.21. The number of aldehydes is 1. The number of aryl methyl sites for hydroxylation is 1. The van der Waals surface area contributed by atoms with E-state index in [9.17, 15) is 31.9 Å². The van der Waals surface area contributed by atoms with Gasteiger partial charge in [-0.2, -0.15) is 13.9 Å². The number of carbonyl (C=O) groups excluding carboxylic acids is 2. The van der Waals surface area contributed by atoms with E-state index in [1.807, 2.05) is 13.0 Å². The van der Waals surface area contributed by atoms with Gasteiger partial charge in [0.15, 0.2) is 0 Å². The molecule has 1 amide bonds. The Morgan fingerprint density at radius 2 is 2.00 bits per heavy atom. The zero-order chi connectivity index (χ0) is 36.4. The third-order valence-corrected chi connectivity index (χ3v) is 6.53. The number of allylic oxidation sites excluding steroid dienone is 1. The monoisotopic (exact) mass is 708 g/mol. The van der Waals surface area contributed by atoms with Gasteiger partial charge in [0.1, 0.15) is 24.0 Å². The maximum atomic E-state index is 14.6. The molecule has 0 bridgehead atoms. The van der Waals surface area contributed by atoms with Gasteiger partial charge in [0, 0.05) is 62.1 Å². The SMILES string of the molecule is CCC/C=N/N(/C=C(\C)C=O)CC(F)CCn1ccc(NC(=O)Cc2ncc(Cl)cc2F)cc1=O.CNCc1cccc(OC(C)(F)F)c1. The van der Waals surface area contributed by atoms with E-state index in [4.69, 9.17) is 11.6 Å². The molecular formula is C34H41ClF4N6O4. The molecule has 2 aromatic heterocycles. The topological polar surface area (TPSA) is 118 Å². The van der Waals surface area contributed by atoms with Crippen LogP contribution < -0.4 is 20.9 Å². The number of unbranched alkanes of at least 4 members (excludes halogenated alkanes) is 1. The molecule has 1 atom stereocenters. The molecule has 0 radical (unpaired) electrons. The number of carbonyl (C=O) groups is 2. The third kappa shape index (κ3) is 16.4. The maximum absolute atomic E-state index is 14.6. The lowest BCUT2D eigenvalue weighted by Crippen LogP contribution is -2.26. The van der Waals surface area contributed by atoms with Crippen LogP contribution in [0.4, 0.5) is 23.2 Å². The fraction of sp³-hybridized carbons (Fsp3) is 0.382. The molecule has 266 valence electrons. The van der Waals surface area contributed by atoms with Gasteiger partial charge in [0.05, 0.1) is 23.7 Å². The van der Waals surface area contributed by atoms with E-state index < -0.39 is 29.6 Å². The Kier molecular flexibility index (Phi) is 17.2. The van der Waals surface area contributed by atoms with Crippen molar-refractivity contribution in [1.82, 2.24) is 19.9 Å². The lowest BCUT2D eigenvalue weighted by Gasteiger charge is -2.18. The maximum Gasteiger partial charge on any atom is 0.394 e. The first-order valence-corrected chi connectivity index (χ1v) is 15.8. The summed E-state index contributed by atoms with van der Waals surface area (Å²) in [6, 6.07) is 10.4. The van der Waals surface area contributed by atoms with Crippen LogP contribution in [0.15, 0.2) is 76.5 Å². The van der Waals surface area contributed by atoms with E-state index in [0.717, 1.165) is 31.4 Å². The normalized spacial score (nSPS) is 12.2. The Morgan fingerprint density at radius 3 is 2.63 bits per heavy atom. The van der Waals surface area contributed by atoms with E-state index in [-0.39, 0.29) is 48.1 Å². The van der Waals surface area contributed by atoms with Crippen LogP contribution in [0.25, 0.3) is 0 Å². The zero-order valence-electron chi connectivity index (χ0n) is 27.8. The lowest BCUT2D eigenvalue weighted by molar-refractivity contribution is -0.159. The highest BCUT2D eigenvalue weighted by atomic mass is 35.5. The highest BCUT2D eigenvalue weighted by molar-refractivity contribution is 6.30. The molecule has 2 heterocycles. The van der Waals surface area contributed by atoms with E-state index in [1.165, 1.54) is 46.4 Å². The number of hydrazone groups is 1. The number of anilines is 1. The van der Waals surface area contributed by atoms with Gasteiger partial charge in [-0.3, -0.25) is 24.4 Å². The molecule has 0 spiro atoms. The van der Waals surface area contributed by atoms with Gasteiger partial charge in [-0.25, -0.2) is 8.78 Å². The first-order chi connectivity index (χ1) is 23.2. The molecule has 49 heavy (non-hydrogen) atoms. The van der Waals surface area contributed by atoms with Crippen LogP contribution >= 0.6 is 11.6 Å². The van der Waals surface area contributed by atoms with Crippen molar-refractivity contribution in [3.63, 3.8) is 0 Å². The fourth-order valence-corrected chi connectivity index (χ4v) is 4.24. The van der Waals surface area contributed by atoms with Crippen LogP contribution in [0.5, 0.6) is 5.75 Å². The van der Waals surface area contributed by atoms with Gasteiger partial charge < -0.3 is 19.9 Å². The van der Waals surface area contributed by atoms with E-state index in [1.54, 1.807) is 32.3 Å². The average molecular weight is 709 g/mol. The number of nitrogens with zero attached hydrogens (tertiary/aromatic N) is 4. The van der Waals surface area contributed by atoms with Crippen molar-refractivity contribution in [1.29, 1.82) is 0 Å². The first-order valence-electron chi connectivity index (χ1n) is 15.4. The minimum atomic E-state index is -3.13. The van der Waals surface area contributed by atoms with Crippen LogP contribution in [0, 0.1) is 5.82 Å². The van der Waals surface area contributed by atoms with Crippen molar-refractivity contribution in [2.45, 2.75) is 71.8 Å². The smallest absolute Gasteiger partial charge is 0.394 e. The molecule has 10 nitrogen and oxygen atoms in total. The summed E-state index contributed by atoms with van der Waals surface area (Å²) in [4.78, 5) is 39.2. The Balaban J connectivity index is 0.000000495. The second kappa shape index (κ2) is 20.7. The largest absolute Gasteiger partial charge is 0.433 e. The van der Waals surface area contributed by atoms with Crippen molar-refractivity contribution < 1.29 is 31.9 Å². The van der Waals surface area contributed by atoms with Gasteiger partial charge in [0.25, 0.3) is 5.56 Å². The van der Waals surface area contributed by atoms with Crippen molar-refractivity contribution in [2.24, 2.45) is 5.10 Å². The Labute approximate surface area is 287 Å². The molecule has 1 aromatic carbocycles. The summed E-state index contributed by atoms with van der Waals surface area (Å²) < 4.78 is 59.1. The van der Waals surface area contributed by atoms with Gasteiger partial charge in [-0.15, -0.1) is 0 Å². The quantitative estimate of drug-likeness (QED) is 0.0538. The second-order valence-electron chi connectivity index (χ2n) is 10.9. The number of halogens is 5. The number of ether oxygens (including phenoxy) is 1. The predicted molar refractivity (Wildman–Crippen MR) is 182 cm³/mol. The summed E-state index contributed by atoms with van der Waals surface area (Å²) in [6.07, 6.45) is 3.38. The molecule has 2 N–H and O–H groups in total. The number of amides is 1. The standard InChI is InChI=1S/C24H28ClF2N5O3.C10H13F2NO/c1-3-4-7-29-32(14-17(2)16-33)15-19(26)5-8-31-9-6-20(11-24(31)35)30-23(34)12-22-21(27)10-18(25)13-28-22;1-10(11,12)14-9-5-3-4-8(6-9)7-13-2/h6-7,9-11,13-14,16,19H,3-5,8,12,15H2,1-2H3,(H,30,34);3-6,13H,7H2,1-2H3/b17-14+,29-7+;. The van der Waals surface area contributed by atoms with Gasteiger partial charge >= 0.3 is 6.11 Å². The summed E-state index contributed by atoms with van der Waals surface area (Å²) in [6.45, 7) is 4.99. The Bertz CT molecular complexity index is 1630. The molecular weight excluding hydrogens is 668 g/mol. The molecule has 0 saturated heterocycles. The Hall–Kier alpha value is -4.56. The number of nitrogens with one attached hydrogen (secondary N) is 2. The van der Waals surface area contributed by atoms with Gasteiger partial charge in [-0.05, 0) is 56.6 Å². The molecule has 0 aliphatic heterocycles. The number of hydrogen-bond donors (Lipinski definition) is 2. The van der Waals surface area contributed by atoms with Crippen molar-refractivity contribution >= 4 is 35.7 Å². The number of rotatable bonds is 17. The zero-order valence-corrected chi connectivity index (χ0v) is 28.5. The van der Waals surface area contributed by atoms with Gasteiger partial charge in [-0.1, -0.05) is 37.1 Å². The molecule has 0 saturated carbocycles. The number of pyridine rings is 2. The average Bonchev–Trinajstić information content (AvgIpc) is 3.02. The summed E-state index contributed by atoms with van der Waals surface area (Å²) in [5, 5.41) is 11.1. The molecule has 15 heteroatoms. The summed E-state index contributed by atoms with van der Waals surface area (Å²) >= 11 is 5.65. The molecule has 0 aliphatic carbocycles. The number of aromatic nitrogens is 2. The molecule has 1 unspecified atom stereocenters. The van der Waals surface area contributed by atoms with Crippen LogP contribution in [0.3, 0.4) is 0 Å². The van der Waals surface area contributed by atoms with Crippen molar-refractivity contribution in [3.05, 3.63) is 99.1 Å². The fourth-order valence-electron chi connectivity index (χ4n) is 4.09. The lowest BCUT2D eigenvalue weighted by atomic mass is 10.2. The molecule has 3 rings (SSSR count).